The van der Waals surface area contributed by atoms with Crippen LogP contribution in [-0.2, 0) is 4.74 Å². The highest BCUT2D eigenvalue weighted by Gasteiger charge is 2.23. The number of fused-ring (bicyclic) bond motifs is 5. The molecule has 0 spiro atoms. The summed E-state index contributed by atoms with van der Waals surface area (Å²) < 4.78 is 11.9. The molecule has 0 aromatic heterocycles. The van der Waals surface area contributed by atoms with Crippen molar-refractivity contribution < 1.29 is 9.47 Å². The number of hydrogen-bond donors (Lipinski definition) is 0. The van der Waals surface area contributed by atoms with Crippen LogP contribution in [0.3, 0.4) is 0 Å². The number of benzene rings is 2. The van der Waals surface area contributed by atoms with Crippen molar-refractivity contribution in [1.82, 2.24) is 0 Å². The maximum Gasteiger partial charge on any atom is 0.142 e. The van der Waals surface area contributed by atoms with Gasteiger partial charge in [0, 0.05) is 22.6 Å². The minimum Gasteiger partial charge on any atom is -0.463 e. The molecule has 2 aromatic rings. The summed E-state index contributed by atoms with van der Waals surface area (Å²) in [6.07, 6.45) is 8.56. The van der Waals surface area contributed by atoms with Gasteiger partial charge < -0.3 is 9.47 Å². The van der Waals surface area contributed by atoms with Gasteiger partial charge in [0.05, 0.1) is 12.4 Å². The Balaban J connectivity index is 1.92. The van der Waals surface area contributed by atoms with E-state index in [4.69, 9.17) is 9.47 Å². The lowest BCUT2D eigenvalue weighted by Crippen LogP contribution is -2.29. The molecule has 0 N–H and O–H groups in total. The molecular formula is C20H16O2. The summed E-state index contributed by atoms with van der Waals surface area (Å²) in [4.78, 5) is 0. The monoisotopic (exact) mass is 288 g/mol. The second-order valence-electron chi connectivity index (χ2n) is 6.01. The van der Waals surface area contributed by atoms with Crippen LogP contribution in [-0.4, -0.2) is 12.7 Å². The standard InChI is InChI=1S/C20H16O2/c1-2-5-14-13(4-1)12-22-20-17(14)8-7-15-16-6-3-11-21-19(16)10-9-18(15)20/h1-2,4-5,7-10,12,19H,3,6,11H2. The van der Waals surface area contributed by atoms with E-state index in [-0.39, 0.29) is 6.10 Å². The molecule has 0 bridgehead atoms. The molecule has 5 rings (SSSR count). The molecule has 2 aliphatic heterocycles. The van der Waals surface area contributed by atoms with Gasteiger partial charge in [-0.15, -0.1) is 0 Å². The van der Waals surface area contributed by atoms with Gasteiger partial charge >= 0.3 is 0 Å². The Bertz CT molecular complexity index is 1010. The second kappa shape index (κ2) is 4.59. The number of ether oxygens (including phenoxy) is 2. The van der Waals surface area contributed by atoms with E-state index in [2.05, 4.69) is 42.5 Å². The van der Waals surface area contributed by atoms with Crippen molar-refractivity contribution in [3.63, 3.8) is 0 Å². The molecule has 1 aliphatic carbocycles. The smallest absolute Gasteiger partial charge is 0.142 e. The normalized spacial score (nSPS) is 20.9. The van der Waals surface area contributed by atoms with Gasteiger partial charge in [0.15, 0.2) is 0 Å². The molecule has 0 amide bonds. The average molecular weight is 288 g/mol. The van der Waals surface area contributed by atoms with Crippen molar-refractivity contribution in [3.8, 4) is 5.75 Å². The van der Waals surface area contributed by atoms with E-state index in [0.29, 0.717) is 0 Å². The highest BCUT2D eigenvalue weighted by atomic mass is 16.5. The Kier molecular flexibility index (Phi) is 2.55. The third kappa shape index (κ3) is 1.65. The van der Waals surface area contributed by atoms with Crippen LogP contribution < -0.4 is 15.2 Å². The molecule has 2 heterocycles. The Labute approximate surface area is 128 Å². The zero-order valence-corrected chi connectivity index (χ0v) is 12.2. The topological polar surface area (TPSA) is 18.5 Å². The van der Waals surface area contributed by atoms with Crippen LogP contribution in [0.5, 0.6) is 5.75 Å². The fourth-order valence-electron chi connectivity index (χ4n) is 3.71. The molecule has 108 valence electrons. The molecule has 22 heavy (non-hydrogen) atoms. The highest BCUT2D eigenvalue weighted by molar-refractivity contribution is 5.72. The minimum absolute atomic E-state index is 0.152. The van der Waals surface area contributed by atoms with Crippen LogP contribution in [0.15, 0.2) is 42.5 Å². The third-order valence-electron chi connectivity index (χ3n) is 4.77. The molecule has 2 aromatic carbocycles. The van der Waals surface area contributed by atoms with Gasteiger partial charge in [-0.2, -0.15) is 0 Å². The Morgan fingerprint density at radius 1 is 0.955 bits per heavy atom. The van der Waals surface area contributed by atoms with E-state index in [9.17, 15) is 0 Å². The zero-order chi connectivity index (χ0) is 14.5. The lowest BCUT2D eigenvalue weighted by Gasteiger charge is -2.27. The van der Waals surface area contributed by atoms with Crippen LogP contribution in [0.1, 0.15) is 18.4 Å². The molecule has 3 aliphatic rings. The molecule has 2 heteroatoms. The minimum atomic E-state index is 0.152. The molecule has 1 fully saturated rings. The summed E-state index contributed by atoms with van der Waals surface area (Å²) in [5, 5.41) is 4.85. The Morgan fingerprint density at radius 2 is 1.86 bits per heavy atom. The molecule has 0 saturated carbocycles. The van der Waals surface area contributed by atoms with E-state index < -0.39 is 0 Å². The van der Waals surface area contributed by atoms with Gasteiger partial charge in [0.25, 0.3) is 0 Å². The van der Waals surface area contributed by atoms with Crippen LogP contribution in [0.25, 0.3) is 17.9 Å². The quantitative estimate of drug-likeness (QED) is 0.741. The van der Waals surface area contributed by atoms with E-state index in [1.165, 1.54) is 26.8 Å². The lowest BCUT2D eigenvalue weighted by molar-refractivity contribution is 0.0998. The molecule has 0 radical (unpaired) electrons. The predicted molar refractivity (Wildman–Crippen MR) is 86.3 cm³/mol. The first kappa shape index (κ1) is 12.2. The highest BCUT2D eigenvalue weighted by Crippen LogP contribution is 2.29. The summed E-state index contributed by atoms with van der Waals surface area (Å²) in [7, 11) is 0. The van der Waals surface area contributed by atoms with Crippen LogP contribution in [0.4, 0.5) is 0 Å². The van der Waals surface area contributed by atoms with Crippen LogP contribution in [0, 0.1) is 10.4 Å². The predicted octanol–water partition coefficient (Wildman–Crippen LogP) is 2.46. The Morgan fingerprint density at radius 3 is 2.86 bits per heavy atom. The first-order chi connectivity index (χ1) is 10.9. The van der Waals surface area contributed by atoms with Gasteiger partial charge in [-0.1, -0.05) is 42.5 Å². The van der Waals surface area contributed by atoms with Gasteiger partial charge in [0.1, 0.15) is 5.75 Å². The van der Waals surface area contributed by atoms with Crippen LogP contribution in [0.2, 0.25) is 0 Å². The third-order valence-corrected chi connectivity index (χ3v) is 4.77. The summed E-state index contributed by atoms with van der Waals surface area (Å²) >= 11 is 0. The van der Waals surface area contributed by atoms with Crippen molar-refractivity contribution in [2.75, 3.05) is 6.61 Å². The molecule has 1 unspecified atom stereocenters. The molecule has 1 atom stereocenters. The average Bonchev–Trinajstić information content (AvgIpc) is 2.60. The van der Waals surface area contributed by atoms with Crippen LogP contribution >= 0.6 is 0 Å². The first-order valence-electron chi connectivity index (χ1n) is 7.84. The van der Waals surface area contributed by atoms with E-state index >= 15 is 0 Å². The molecular weight excluding hydrogens is 272 g/mol. The van der Waals surface area contributed by atoms with Crippen molar-refractivity contribution in [2.24, 2.45) is 0 Å². The van der Waals surface area contributed by atoms with Gasteiger partial charge in [-0.3, -0.25) is 0 Å². The van der Waals surface area contributed by atoms with Gasteiger partial charge in [0.2, 0.25) is 0 Å². The van der Waals surface area contributed by atoms with Crippen molar-refractivity contribution >= 4 is 17.9 Å². The lowest BCUT2D eigenvalue weighted by atomic mass is 9.90. The van der Waals surface area contributed by atoms with E-state index in [1.54, 1.807) is 0 Å². The van der Waals surface area contributed by atoms with Crippen molar-refractivity contribution in [3.05, 3.63) is 68.9 Å². The van der Waals surface area contributed by atoms with E-state index in [0.717, 1.165) is 30.4 Å². The first-order valence-corrected chi connectivity index (χ1v) is 7.84. The summed E-state index contributed by atoms with van der Waals surface area (Å²) in [6, 6.07) is 12.8. The zero-order valence-electron chi connectivity index (χ0n) is 12.2. The Hall–Kier alpha value is -2.32. The SMILES string of the molecule is C1=CC2OCCCC2=c2ccc3c(c21)OC=c1ccccc1=3. The maximum atomic E-state index is 6.00. The van der Waals surface area contributed by atoms with Crippen molar-refractivity contribution in [1.29, 1.82) is 0 Å². The van der Waals surface area contributed by atoms with Crippen molar-refractivity contribution in [2.45, 2.75) is 18.9 Å². The second-order valence-corrected chi connectivity index (χ2v) is 6.01. The van der Waals surface area contributed by atoms with Gasteiger partial charge in [-0.25, -0.2) is 0 Å². The summed E-state index contributed by atoms with van der Waals surface area (Å²) in [6.45, 7) is 0.858. The maximum absolute atomic E-state index is 6.00. The largest absolute Gasteiger partial charge is 0.463 e. The molecule has 2 nitrogen and oxygen atoms in total. The number of hydrogen-bond acceptors (Lipinski definition) is 2. The van der Waals surface area contributed by atoms with Gasteiger partial charge in [-0.05, 0) is 34.9 Å². The summed E-state index contributed by atoms with van der Waals surface area (Å²) in [5.74, 6) is 0.976. The fraction of sp³-hybridized carbons (Fsp3) is 0.200. The van der Waals surface area contributed by atoms with E-state index in [1.807, 2.05) is 12.3 Å². The molecule has 1 saturated heterocycles. The number of rotatable bonds is 0. The summed E-state index contributed by atoms with van der Waals surface area (Å²) in [5.41, 5.74) is 2.59. The fourth-order valence-corrected chi connectivity index (χ4v) is 3.71.